The Morgan fingerprint density at radius 3 is 2.96 bits per heavy atom. The van der Waals surface area contributed by atoms with Crippen LogP contribution in [0.5, 0.6) is 0 Å². The molecule has 0 aliphatic heterocycles. The number of H-pyrrole nitrogens is 1. The van der Waals surface area contributed by atoms with Gasteiger partial charge in [0.1, 0.15) is 11.8 Å². The van der Waals surface area contributed by atoms with Crippen LogP contribution in [0, 0.1) is 0 Å². The second-order valence-corrected chi connectivity index (χ2v) is 6.08. The minimum atomic E-state index is -0.00721. The lowest BCUT2D eigenvalue weighted by atomic mass is 10.1. The summed E-state index contributed by atoms with van der Waals surface area (Å²) in [4.78, 5) is 29.6. The highest BCUT2D eigenvalue weighted by molar-refractivity contribution is 5.87. The summed E-state index contributed by atoms with van der Waals surface area (Å²) in [5.41, 5.74) is 2.62. The van der Waals surface area contributed by atoms with E-state index in [-0.39, 0.29) is 18.5 Å². The Bertz CT molecular complexity index is 862. The summed E-state index contributed by atoms with van der Waals surface area (Å²) in [5.74, 6) is 1.09. The fourth-order valence-corrected chi connectivity index (χ4v) is 3.01. The predicted molar refractivity (Wildman–Crippen MR) is 90.7 cm³/mol. The molecule has 1 amide bonds. The number of nitrogens with zero attached hydrogens (tertiary/aromatic N) is 4. The van der Waals surface area contributed by atoms with E-state index in [1.807, 2.05) is 25.2 Å². The van der Waals surface area contributed by atoms with Crippen molar-refractivity contribution in [1.82, 2.24) is 25.3 Å². The zero-order valence-electron chi connectivity index (χ0n) is 13.3. The summed E-state index contributed by atoms with van der Waals surface area (Å²) in [6.07, 6.45) is 4.03. The molecule has 1 aliphatic rings. The van der Waals surface area contributed by atoms with Gasteiger partial charge in [0, 0.05) is 19.0 Å². The average molecular weight is 322 g/mol. The maximum atomic E-state index is 12.3. The van der Waals surface area contributed by atoms with Crippen LogP contribution in [-0.4, -0.2) is 45.5 Å². The molecule has 7 heteroatoms. The molecule has 2 N–H and O–H groups in total. The highest BCUT2D eigenvalue weighted by Gasteiger charge is 2.39. The van der Waals surface area contributed by atoms with Crippen LogP contribution in [0.15, 0.2) is 43.0 Å². The normalized spacial score (nSPS) is 19.2. The summed E-state index contributed by atoms with van der Waals surface area (Å²) in [7, 11) is 1.84. The van der Waals surface area contributed by atoms with Crippen LogP contribution in [0.25, 0.3) is 11.2 Å². The van der Waals surface area contributed by atoms with E-state index in [9.17, 15) is 4.79 Å². The Balaban J connectivity index is 1.38. The van der Waals surface area contributed by atoms with Crippen LogP contribution in [0.2, 0.25) is 0 Å². The largest absolute Gasteiger partial charge is 0.351 e. The minimum absolute atomic E-state index is 0.00721. The molecule has 1 fully saturated rings. The van der Waals surface area contributed by atoms with Gasteiger partial charge in [0.25, 0.3) is 0 Å². The maximum Gasteiger partial charge on any atom is 0.239 e. The van der Waals surface area contributed by atoms with Crippen LogP contribution >= 0.6 is 0 Å². The number of imidazole rings is 1. The number of amides is 1. The van der Waals surface area contributed by atoms with Crippen molar-refractivity contribution in [3.63, 3.8) is 0 Å². The summed E-state index contributed by atoms with van der Waals surface area (Å²) >= 11 is 0. The summed E-state index contributed by atoms with van der Waals surface area (Å²) < 4.78 is 0. The fraction of sp³-hybridized carbons (Fsp3) is 0.294. The average Bonchev–Trinajstić information content (AvgIpc) is 3.18. The van der Waals surface area contributed by atoms with Gasteiger partial charge in [-0.15, -0.1) is 0 Å². The summed E-state index contributed by atoms with van der Waals surface area (Å²) in [6.45, 7) is 0.239. The first-order chi connectivity index (χ1) is 11.7. The number of carbonyl (C=O) groups excluding carboxylic acids is 1. The number of rotatable bonds is 5. The predicted octanol–water partition coefficient (Wildman–Crippen LogP) is 1.46. The lowest BCUT2D eigenvalue weighted by Crippen LogP contribution is -2.37. The van der Waals surface area contributed by atoms with E-state index in [1.54, 1.807) is 11.2 Å². The standard InChI is InChI=1S/C17H18N6O/c1-23(17-15-16(19-9-18-15)20-10-21-17)8-14(24)22-13-7-12(13)11-5-3-2-4-6-11/h2-6,9-10,12-13H,7-8H2,1H3,(H,22,24)(H,18,19,20,21)/t12-,13+/m1/s1. The van der Waals surface area contributed by atoms with Crippen molar-refractivity contribution in [1.29, 1.82) is 0 Å². The van der Waals surface area contributed by atoms with Crippen molar-refractivity contribution in [2.45, 2.75) is 18.4 Å². The zero-order valence-corrected chi connectivity index (χ0v) is 13.3. The van der Waals surface area contributed by atoms with Crippen molar-refractivity contribution >= 4 is 22.9 Å². The molecule has 7 nitrogen and oxygen atoms in total. The lowest BCUT2D eigenvalue weighted by molar-refractivity contribution is -0.119. The molecule has 2 atom stereocenters. The number of aromatic nitrogens is 4. The SMILES string of the molecule is CN(CC(=O)N[C@H]1C[C@@H]1c1ccccc1)c1ncnc2nc[nH]c12. The Hall–Kier alpha value is -2.96. The number of anilines is 1. The summed E-state index contributed by atoms with van der Waals surface area (Å²) in [5, 5.41) is 3.10. The Labute approximate surface area is 139 Å². The fourth-order valence-electron chi connectivity index (χ4n) is 3.01. The molecule has 0 unspecified atom stereocenters. The van der Waals surface area contributed by atoms with Crippen molar-refractivity contribution in [3.8, 4) is 0 Å². The third-order valence-corrected chi connectivity index (χ3v) is 4.31. The van der Waals surface area contributed by atoms with Crippen LogP contribution in [-0.2, 0) is 4.79 Å². The number of likely N-dealkylation sites (N-methyl/N-ethyl adjacent to an activating group) is 1. The molecule has 24 heavy (non-hydrogen) atoms. The van der Waals surface area contributed by atoms with Crippen molar-refractivity contribution in [2.24, 2.45) is 0 Å². The van der Waals surface area contributed by atoms with Gasteiger partial charge in [-0.2, -0.15) is 0 Å². The van der Waals surface area contributed by atoms with E-state index in [4.69, 9.17) is 0 Å². The summed E-state index contributed by atoms with van der Waals surface area (Å²) in [6, 6.07) is 10.5. The molecule has 0 saturated heterocycles. The van der Waals surface area contributed by atoms with Gasteiger partial charge in [-0.25, -0.2) is 15.0 Å². The first-order valence-electron chi connectivity index (χ1n) is 7.92. The van der Waals surface area contributed by atoms with Gasteiger partial charge in [-0.1, -0.05) is 30.3 Å². The van der Waals surface area contributed by atoms with Crippen LogP contribution in [0.1, 0.15) is 17.9 Å². The van der Waals surface area contributed by atoms with E-state index in [1.165, 1.54) is 11.9 Å². The molecule has 3 aromatic rings. The van der Waals surface area contributed by atoms with Crippen LogP contribution in [0.3, 0.4) is 0 Å². The lowest BCUT2D eigenvalue weighted by Gasteiger charge is -2.17. The number of benzene rings is 1. The second kappa shape index (κ2) is 5.92. The molecule has 0 bridgehead atoms. The number of aromatic amines is 1. The quantitative estimate of drug-likeness (QED) is 0.743. The van der Waals surface area contributed by atoms with Gasteiger partial charge in [0.2, 0.25) is 5.91 Å². The van der Waals surface area contributed by atoms with E-state index in [2.05, 4.69) is 37.4 Å². The van der Waals surface area contributed by atoms with Gasteiger partial charge in [-0.05, 0) is 12.0 Å². The van der Waals surface area contributed by atoms with Crippen LogP contribution < -0.4 is 10.2 Å². The molecule has 1 saturated carbocycles. The molecule has 0 radical (unpaired) electrons. The maximum absolute atomic E-state index is 12.3. The van der Waals surface area contributed by atoms with Crippen molar-refractivity contribution in [3.05, 3.63) is 48.5 Å². The Morgan fingerprint density at radius 2 is 2.12 bits per heavy atom. The number of nitrogens with one attached hydrogen (secondary N) is 2. The van der Waals surface area contributed by atoms with Gasteiger partial charge in [-0.3, -0.25) is 4.79 Å². The van der Waals surface area contributed by atoms with Gasteiger partial charge >= 0.3 is 0 Å². The zero-order chi connectivity index (χ0) is 16.5. The highest BCUT2D eigenvalue weighted by atomic mass is 16.2. The molecule has 122 valence electrons. The van der Waals surface area contributed by atoms with E-state index in [0.717, 1.165) is 11.9 Å². The Kier molecular flexibility index (Phi) is 3.60. The number of carbonyl (C=O) groups is 1. The third kappa shape index (κ3) is 2.80. The molecule has 1 aromatic carbocycles. The molecular weight excluding hydrogens is 304 g/mol. The second-order valence-electron chi connectivity index (χ2n) is 6.08. The molecule has 2 aromatic heterocycles. The first kappa shape index (κ1) is 14.6. The highest BCUT2D eigenvalue weighted by Crippen LogP contribution is 2.40. The van der Waals surface area contributed by atoms with Crippen molar-refractivity contribution in [2.75, 3.05) is 18.5 Å². The van der Waals surface area contributed by atoms with Gasteiger partial charge < -0.3 is 15.2 Å². The topological polar surface area (TPSA) is 86.8 Å². The minimum Gasteiger partial charge on any atom is -0.351 e. The smallest absolute Gasteiger partial charge is 0.239 e. The number of hydrogen-bond donors (Lipinski definition) is 2. The van der Waals surface area contributed by atoms with E-state index < -0.39 is 0 Å². The first-order valence-corrected chi connectivity index (χ1v) is 7.92. The van der Waals surface area contributed by atoms with E-state index >= 15 is 0 Å². The molecule has 1 aliphatic carbocycles. The molecule has 4 rings (SSSR count). The monoisotopic (exact) mass is 322 g/mol. The van der Waals surface area contributed by atoms with Crippen LogP contribution in [0.4, 0.5) is 5.82 Å². The molecule has 0 spiro atoms. The van der Waals surface area contributed by atoms with E-state index in [0.29, 0.717) is 17.4 Å². The van der Waals surface area contributed by atoms with Gasteiger partial charge in [0.15, 0.2) is 11.5 Å². The van der Waals surface area contributed by atoms with Crippen molar-refractivity contribution < 1.29 is 4.79 Å². The molecular formula is C17H18N6O. The third-order valence-electron chi connectivity index (χ3n) is 4.31. The number of fused-ring (bicyclic) bond motifs is 1. The Morgan fingerprint density at radius 1 is 1.29 bits per heavy atom. The van der Waals surface area contributed by atoms with Gasteiger partial charge in [0.05, 0.1) is 12.9 Å². The molecule has 2 heterocycles. The number of hydrogen-bond acceptors (Lipinski definition) is 5.